The molecule has 0 aliphatic carbocycles. The zero-order chi connectivity index (χ0) is 25.8. The van der Waals surface area contributed by atoms with Crippen LogP contribution < -0.4 is 0 Å². The second-order valence-corrected chi connectivity index (χ2v) is 9.42. The van der Waals surface area contributed by atoms with E-state index in [9.17, 15) is 19.2 Å². The van der Waals surface area contributed by atoms with Crippen molar-refractivity contribution < 1.29 is 55.9 Å². The fraction of sp³-hybridized carbons (Fsp3) is 0.542. The Hall–Kier alpha value is -2.57. The number of carboxylic acid groups (broad SMARTS) is 2. The SMILES string of the molecule is CN1C[C-]2CN(Cc3cccc(n3)CN3C[C-](C1)OC(=O)[C@@H]3CCC(=O)O)[C@H](CCC(=O)O)C(=O)O2.[Mn+2]. The molecule has 3 aliphatic rings. The smallest absolute Gasteiger partial charge is 0.630 e. The van der Waals surface area contributed by atoms with Crippen molar-refractivity contribution in [2.45, 2.75) is 50.9 Å². The molecule has 13 heteroatoms. The first-order chi connectivity index (χ1) is 17.2. The van der Waals surface area contributed by atoms with Crippen LogP contribution in [0.15, 0.2) is 18.2 Å². The number of pyridine rings is 1. The van der Waals surface area contributed by atoms with E-state index in [4.69, 9.17) is 24.7 Å². The largest absolute Gasteiger partial charge is 2.00 e. The van der Waals surface area contributed by atoms with Crippen LogP contribution in [0.1, 0.15) is 37.1 Å². The molecule has 1 radical (unpaired) electrons. The van der Waals surface area contributed by atoms with Crippen molar-refractivity contribution in [3.8, 4) is 0 Å². The maximum absolute atomic E-state index is 12.8. The average Bonchev–Trinajstić information content (AvgIpc) is 2.77. The topological polar surface area (TPSA) is 150 Å². The number of aromatic nitrogens is 1. The number of carbonyl (C=O) groups is 4. The molecule has 2 fully saturated rings. The number of morpholine rings is 2. The summed E-state index contributed by atoms with van der Waals surface area (Å²) in [6.07, 6.45) is 0.973. The molecule has 2 saturated heterocycles. The van der Waals surface area contributed by atoms with Gasteiger partial charge in [-0.2, -0.15) is 0 Å². The molecule has 3 aliphatic heterocycles. The molecule has 4 rings (SSSR count). The van der Waals surface area contributed by atoms with Crippen molar-refractivity contribution in [2.24, 2.45) is 0 Å². The molecule has 201 valence electrons. The summed E-state index contributed by atoms with van der Waals surface area (Å²) in [7, 11) is 1.82. The van der Waals surface area contributed by atoms with Gasteiger partial charge in [-0.05, 0) is 32.0 Å². The van der Waals surface area contributed by atoms with Crippen molar-refractivity contribution >= 4 is 23.9 Å². The van der Waals surface area contributed by atoms with Crippen LogP contribution in [-0.4, -0.2) is 99.1 Å². The molecule has 2 N–H and O–H groups in total. The van der Waals surface area contributed by atoms with E-state index in [-0.39, 0.29) is 42.8 Å². The van der Waals surface area contributed by atoms with Crippen LogP contribution in [0.3, 0.4) is 0 Å². The van der Waals surface area contributed by atoms with Gasteiger partial charge in [0.15, 0.2) is 0 Å². The normalized spacial score (nSPS) is 27.3. The standard InChI is InChI=1S/C24H30N4O8.Mn/c1-26-11-17-13-27(19(23(33)35-17)5-7-21(29)30)9-15-3-2-4-16(25-15)10-28-14-18(12-26)36-24(34)20(28)6-8-22(31)32;/h2-4,19-20H,5-14H2,1H3,(H,29,30)(H,31,32);/q-2;+2/t19-,20+;. The number of likely N-dealkylation sites (N-methyl/N-ethyl adjacent to an activating group) is 1. The number of nitrogens with zero attached hydrogens (tertiary/aromatic N) is 4. The van der Waals surface area contributed by atoms with Crippen molar-refractivity contribution in [1.82, 2.24) is 19.7 Å². The van der Waals surface area contributed by atoms with Crippen LogP contribution in [-0.2, 0) is 58.8 Å². The number of aliphatic carboxylic acids is 2. The molecule has 0 saturated carbocycles. The van der Waals surface area contributed by atoms with E-state index in [1.807, 2.05) is 39.9 Å². The second kappa shape index (κ2) is 12.8. The molecule has 4 atom stereocenters. The van der Waals surface area contributed by atoms with E-state index >= 15 is 0 Å². The van der Waals surface area contributed by atoms with Crippen LogP contribution >= 0.6 is 0 Å². The number of carbonyl (C=O) groups excluding carboxylic acids is 2. The fourth-order valence-electron chi connectivity index (χ4n) is 4.85. The first-order valence-electron chi connectivity index (χ1n) is 11.9. The quantitative estimate of drug-likeness (QED) is 0.281. The number of fused-ring (bicyclic) bond motifs is 6. The second-order valence-electron chi connectivity index (χ2n) is 9.42. The van der Waals surface area contributed by atoms with E-state index < -0.39 is 36.0 Å². The minimum absolute atomic E-state index is 0. The summed E-state index contributed by atoms with van der Waals surface area (Å²) in [5.74, 6) is -2.94. The number of carboxylic acids is 2. The summed E-state index contributed by atoms with van der Waals surface area (Å²) >= 11 is 0. The zero-order valence-electron chi connectivity index (χ0n) is 20.5. The van der Waals surface area contributed by atoms with Gasteiger partial charge in [-0.1, -0.05) is 32.2 Å². The van der Waals surface area contributed by atoms with Crippen LogP contribution in [0.25, 0.3) is 0 Å². The van der Waals surface area contributed by atoms with E-state index in [1.165, 1.54) is 0 Å². The number of hydrogen-bond acceptors (Lipinski definition) is 10. The van der Waals surface area contributed by atoms with Crippen LogP contribution in [0.4, 0.5) is 0 Å². The predicted molar refractivity (Wildman–Crippen MR) is 123 cm³/mol. The summed E-state index contributed by atoms with van der Waals surface area (Å²) in [6, 6.07) is 4.11. The molecule has 0 aromatic carbocycles. The third-order valence-corrected chi connectivity index (χ3v) is 6.42. The third kappa shape index (κ3) is 7.71. The Kier molecular flexibility index (Phi) is 10.0. The van der Waals surface area contributed by atoms with Crippen molar-refractivity contribution in [3.05, 3.63) is 41.8 Å². The minimum atomic E-state index is -0.982. The molecular weight excluding hydrogens is 527 g/mol. The fourth-order valence-corrected chi connectivity index (χ4v) is 4.85. The number of ether oxygens (including phenoxy) is 2. The van der Waals surface area contributed by atoms with E-state index in [2.05, 4.69) is 0 Å². The molecule has 37 heavy (non-hydrogen) atoms. The molecule has 1 aromatic heterocycles. The zero-order valence-corrected chi connectivity index (χ0v) is 21.6. The summed E-state index contributed by atoms with van der Waals surface area (Å²) < 4.78 is 11.2. The first-order valence-corrected chi connectivity index (χ1v) is 11.9. The predicted octanol–water partition coefficient (Wildman–Crippen LogP) is 0.273. The van der Waals surface area contributed by atoms with Gasteiger partial charge in [-0.25, -0.2) is 0 Å². The number of rotatable bonds is 6. The van der Waals surface area contributed by atoms with Crippen LogP contribution in [0.5, 0.6) is 0 Å². The van der Waals surface area contributed by atoms with Gasteiger partial charge in [0.1, 0.15) is 12.1 Å². The molecular formula is C24H30MnN4O8. The Bertz CT molecular complexity index is 937. The molecule has 4 heterocycles. The van der Waals surface area contributed by atoms with E-state index in [1.54, 1.807) is 0 Å². The monoisotopic (exact) mass is 557 g/mol. The van der Waals surface area contributed by atoms with E-state index in [0.717, 1.165) is 0 Å². The van der Waals surface area contributed by atoms with Crippen molar-refractivity contribution in [3.63, 3.8) is 0 Å². The van der Waals surface area contributed by atoms with Crippen LogP contribution in [0, 0.1) is 12.2 Å². The average molecular weight is 557 g/mol. The summed E-state index contributed by atoms with van der Waals surface area (Å²) in [5, 5.41) is 18.3. The molecule has 1 aromatic rings. The number of hydrogen-bond donors (Lipinski definition) is 2. The summed E-state index contributed by atoms with van der Waals surface area (Å²) in [6.45, 7) is 1.94. The Morgan fingerprint density at radius 2 is 1.32 bits per heavy atom. The Morgan fingerprint density at radius 1 is 0.892 bits per heavy atom. The summed E-state index contributed by atoms with van der Waals surface area (Å²) in [5.41, 5.74) is 1.39. The van der Waals surface area contributed by atoms with Gasteiger partial charge in [0.2, 0.25) is 0 Å². The molecule has 12 nitrogen and oxygen atoms in total. The van der Waals surface area contributed by atoms with Gasteiger partial charge in [0, 0.05) is 25.9 Å². The van der Waals surface area contributed by atoms with Crippen LogP contribution in [0.2, 0.25) is 0 Å². The molecule has 2 unspecified atom stereocenters. The minimum Gasteiger partial charge on any atom is -0.630 e. The first kappa shape index (κ1) is 29.0. The Labute approximate surface area is 225 Å². The maximum Gasteiger partial charge on any atom is 2.00 e. The third-order valence-electron chi connectivity index (χ3n) is 6.42. The molecule has 0 amide bonds. The van der Waals surface area contributed by atoms with Gasteiger partial charge < -0.3 is 34.4 Å². The Balaban J connectivity index is 0.00000380. The summed E-state index contributed by atoms with van der Waals surface area (Å²) in [4.78, 5) is 58.3. The van der Waals surface area contributed by atoms with Gasteiger partial charge in [0.05, 0.1) is 11.4 Å². The van der Waals surface area contributed by atoms with Gasteiger partial charge in [0.25, 0.3) is 11.9 Å². The molecule has 6 bridgehead atoms. The van der Waals surface area contributed by atoms with Crippen molar-refractivity contribution in [2.75, 3.05) is 33.2 Å². The van der Waals surface area contributed by atoms with Gasteiger partial charge in [-0.15, -0.1) is 12.2 Å². The van der Waals surface area contributed by atoms with E-state index in [0.29, 0.717) is 62.9 Å². The maximum atomic E-state index is 12.8. The van der Waals surface area contributed by atoms with Gasteiger partial charge >= 0.3 is 29.0 Å². The Morgan fingerprint density at radius 3 is 1.73 bits per heavy atom. The number of esters is 2. The van der Waals surface area contributed by atoms with Gasteiger partial charge in [-0.3, -0.25) is 24.2 Å². The molecule has 0 spiro atoms. The van der Waals surface area contributed by atoms with Crippen molar-refractivity contribution in [1.29, 1.82) is 0 Å².